The molecule has 0 aliphatic carbocycles. The van der Waals surface area contributed by atoms with Crippen molar-refractivity contribution >= 4 is 0 Å². The molecule has 1 saturated heterocycles. The Kier molecular flexibility index (Phi) is 3.69. The van der Waals surface area contributed by atoms with E-state index in [0.717, 1.165) is 24.5 Å². The lowest BCUT2D eigenvalue weighted by atomic mass is 10.0. The number of para-hydroxylation sites is 2. The van der Waals surface area contributed by atoms with E-state index >= 15 is 0 Å². The highest BCUT2D eigenvalue weighted by atomic mass is 16.6. The van der Waals surface area contributed by atoms with Crippen LogP contribution in [-0.4, -0.2) is 25.3 Å². The lowest BCUT2D eigenvalue weighted by Gasteiger charge is -2.29. The largest absolute Gasteiger partial charge is 0.486 e. The predicted molar refractivity (Wildman–Crippen MR) is 71.2 cm³/mol. The molecule has 3 rings (SSSR count). The molecule has 3 heteroatoms. The molecule has 2 unspecified atom stereocenters. The summed E-state index contributed by atoms with van der Waals surface area (Å²) in [6.07, 6.45) is 6.50. The standard InChI is InChI=1S/C15H21NO2/c1-2-6-12(16-9-5-1)10-13-11-17-14-7-3-4-8-15(14)18-13/h3-4,7-8,12-13,16H,1-2,5-6,9-11H2. The van der Waals surface area contributed by atoms with Gasteiger partial charge in [-0.2, -0.15) is 0 Å². The Morgan fingerprint density at radius 3 is 2.94 bits per heavy atom. The zero-order chi connectivity index (χ0) is 12.2. The van der Waals surface area contributed by atoms with Crippen LogP contribution in [0.2, 0.25) is 0 Å². The van der Waals surface area contributed by atoms with Crippen molar-refractivity contribution in [3.8, 4) is 11.5 Å². The molecule has 0 spiro atoms. The Morgan fingerprint density at radius 1 is 1.11 bits per heavy atom. The average Bonchev–Trinajstić information content (AvgIpc) is 2.67. The van der Waals surface area contributed by atoms with Crippen molar-refractivity contribution in [2.75, 3.05) is 13.2 Å². The number of ether oxygens (including phenoxy) is 2. The van der Waals surface area contributed by atoms with Crippen LogP contribution in [0.1, 0.15) is 32.1 Å². The maximum atomic E-state index is 6.01. The normalized spacial score (nSPS) is 27.6. The summed E-state index contributed by atoms with van der Waals surface area (Å²) in [6, 6.07) is 8.52. The van der Waals surface area contributed by atoms with Crippen LogP contribution in [0.15, 0.2) is 24.3 Å². The minimum absolute atomic E-state index is 0.190. The second-order valence-electron chi connectivity index (χ2n) is 5.23. The molecule has 0 radical (unpaired) electrons. The fourth-order valence-electron chi connectivity index (χ4n) is 2.80. The quantitative estimate of drug-likeness (QED) is 0.871. The molecule has 0 saturated carbocycles. The molecule has 0 amide bonds. The van der Waals surface area contributed by atoms with E-state index in [2.05, 4.69) is 5.32 Å². The number of fused-ring (bicyclic) bond motifs is 1. The van der Waals surface area contributed by atoms with Gasteiger partial charge in [0.05, 0.1) is 0 Å². The van der Waals surface area contributed by atoms with E-state index in [1.54, 1.807) is 0 Å². The maximum absolute atomic E-state index is 6.01. The van der Waals surface area contributed by atoms with Gasteiger partial charge in [-0.15, -0.1) is 0 Å². The van der Waals surface area contributed by atoms with E-state index in [0.29, 0.717) is 12.6 Å². The first-order chi connectivity index (χ1) is 8.92. The zero-order valence-electron chi connectivity index (χ0n) is 10.7. The average molecular weight is 247 g/mol. The third-order valence-corrected chi connectivity index (χ3v) is 3.78. The smallest absolute Gasteiger partial charge is 0.161 e. The van der Waals surface area contributed by atoms with E-state index in [-0.39, 0.29) is 6.10 Å². The van der Waals surface area contributed by atoms with Gasteiger partial charge in [0.25, 0.3) is 0 Å². The van der Waals surface area contributed by atoms with Crippen LogP contribution < -0.4 is 14.8 Å². The van der Waals surface area contributed by atoms with Gasteiger partial charge in [0.1, 0.15) is 12.7 Å². The van der Waals surface area contributed by atoms with Gasteiger partial charge >= 0.3 is 0 Å². The molecular formula is C15H21NO2. The lowest BCUT2D eigenvalue weighted by Crippen LogP contribution is -2.38. The summed E-state index contributed by atoms with van der Waals surface area (Å²) in [6.45, 7) is 1.82. The Hall–Kier alpha value is -1.22. The Bertz CT molecular complexity index is 386. The van der Waals surface area contributed by atoms with Gasteiger partial charge in [0.15, 0.2) is 11.5 Å². The van der Waals surface area contributed by atoms with Crippen molar-refractivity contribution in [2.24, 2.45) is 0 Å². The Morgan fingerprint density at radius 2 is 2.00 bits per heavy atom. The summed E-state index contributed by atoms with van der Waals surface area (Å²) in [5.41, 5.74) is 0. The molecule has 2 aliphatic rings. The minimum Gasteiger partial charge on any atom is -0.486 e. The van der Waals surface area contributed by atoms with Gasteiger partial charge in [0, 0.05) is 12.5 Å². The van der Waals surface area contributed by atoms with E-state index in [1.807, 2.05) is 24.3 Å². The molecule has 98 valence electrons. The molecule has 1 aromatic rings. The predicted octanol–water partition coefficient (Wildman–Crippen LogP) is 2.75. The molecule has 0 aromatic heterocycles. The van der Waals surface area contributed by atoms with Gasteiger partial charge < -0.3 is 14.8 Å². The van der Waals surface area contributed by atoms with Crippen molar-refractivity contribution in [1.82, 2.24) is 5.32 Å². The topological polar surface area (TPSA) is 30.5 Å². The van der Waals surface area contributed by atoms with Gasteiger partial charge in [-0.05, 0) is 31.5 Å². The molecule has 1 N–H and O–H groups in total. The third-order valence-electron chi connectivity index (χ3n) is 3.78. The van der Waals surface area contributed by atoms with Crippen LogP contribution in [0.3, 0.4) is 0 Å². The number of nitrogens with one attached hydrogen (secondary N) is 1. The summed E-state index contributed by atoms with van der Waals surface area (Å²) in [5, 5.41) is 3.62. The highest BCUT2D eigenvalue weighted by molar-refractivity contribution is 5.40. The van der Waals surface area contributed by atoms with E-state index in [1.165, 1.54) is 25.7 Å². The first-order valence-electron chi connectivity index (χ1n) is 7.04. The van der Waals surface area contributed by atoms with Gasteiger partial charge in [-0.3, -0.25) is 0 Å². The van der Waals surface area contributed by atoms with Crippen LogP contribution in [0.25, 0.3) is 0 Å². The number of rotatable bonds is 2. The van der Waals surface area contributed by atoms with Crippen LogP contribution >= 0.6 is 0 Å². The molecule has 3 nitrogen and oxygen atoms in total. The zero-order valence-corrected chi connectivity index (χ0v) is 10.7. The molecular weight excluding hydrogens is 226 g/mol. The van der Waals surface area contributed by atoms with Crippen molar-refractivity contribution in [3.63, 3.8) is 0 Å². The van der Waals surface area contributed by atoms with Crippen molar-refractivity contribution in [1.29, 1.82) is 0 Å². The second kappa shape index (κ2) is 5.61. The number of hydrogen-bond donors (Lipinski definition) is 1. The number of benzene rings is 1. The van der Waals surface area contributed by atoms with E-state index in [9.17, 15) is 0 Å². The summed E-state index contributed by atoms with van der Waals surface area (Å²) in [7, 11) is 0. The molecule has 18 heavy (non-hydrogen) atoms. The monoisotopic (exact) mass is 247 g/mol. The first kappa shape index (κ1) is 11.8. The van der Waals surface area contributed by atoms with Crippen LogP contribution in [0.4, 0.5) is 0 Å². The SMILES string of the molecule is c1ccc2c(c1)OCC(CC1CCCCCN1)O2. The number of hydrogen-bond acceptors (Lipinski definition) is 3. The van der Waals surface area contributed by atoms with Crippen molar-refractivity contribution in [2.45, 2.75) is 44.2 Å². The van der Waals surface area contributed by atoms with Crippen LogP contribution in [-0.2, 0) is 0 Å². The molecule has 1 aromatic carbocycles. The van der Waals surface area contributed by atoms with Gasteiger partial charge in [0.2, 0.25) is 0 Å². The Labute approximate surface area is 108 Å². The maximum Gasteiger partial charge on any atom is 0.161 e. The van der Waals surface area contributed by atoms with Crippen molar-refractivity contribution in [3.05, 3.63) is 24.3 Å². The molecule has 1 fully saturated rings. The summed E-state index contributed by atoms with van der Waals surface area (Å²) >= 11 is 0. The molecule has 2 aliphatic heterocycles. The highest BCUT2D eigenvalue weighted by Gasteiger charge is 2.24. The van der Waals surface area contributed by atoms with E-state index < -0.39 is 0 Å². The Balaban J connectivity index is 1.58. The van der Waals surface area contributed by atoms with Crippen molar-refractivity contribution < 1.29 is 9.47 Å². The lowest BCUT2D eigenvalue weighted by molar-refractivity contribution is 0.0763. The van der Waals surface area contributed by atoms with Crippen LogP contribution in [0, 0.1) is 0 Å². The summed E-state index contributed by atoms with van der Waals surface area (Å²) < 4.78 is 11.8. The molecule has 2 heterocycles. The molecule has 0 bridgehead atoms. The van der Waals surface area contributed by atoms with Gasteiger partial charge in [-0.1, -0.05) is 25.0 Å². The van der Waals surface area contributed by atoms with E-state index in [4.69, 9.17) is 9.47 Å². The highest BCUT2D eigenvalue weighted by Crippen LogP contribution is 2.32. The second-order valence-corrected chi connectivity index (χ2v) is 5.23. The van der Waals surface area contributed by atoms with Gasteiger partial charge in [-0.25, -0.2) is 0 Å². The minimum atomic E-state index is 0.190. The van der Waals surface area contributed by atoms with Crippen LogP contribution in [0.5, 0.6) is 11.5 Å². The third kappa shape index (κ3) is 2.78. The summed E-state index contributed by atoms with van der Waals surface area (Å²) in [4.78, 5) is 0. The fourth-order valence-corrected chi connectivity index (χ4v) is 2.80. The molecule has 2 atom stereocenters. The first-order valence-corrected chi connectivity index (χ1v) is 7.04. The summed E-state index contributed by atoms with van der Waals surface area (Å²) in [5.74, 6) is 1.77. The fraction of sp³-hybridized carbons (Fsp3) is 0.600.